The van der Waals surface area contributed by atoms with Gasteiger partial charge in [0, 0.05) is 48.7 Å². The first kappa shape index (κ1) is 34.9. The van der Waals surface area contributed by atoms with E-state index in [0.717, 1.165) is 63.5 Å². The number of benzene rings is 3. The van der Waals surface area contributed by atoms with Gasteiger partial charge in [0.15, 0.2) is 0 Å². The highest BCUT2D eigenvalue weighted by Crippen LogP contribution is 2.28. The van der Waals surface area contributed by atoms with Crippen molar-refractivity contribution in [2.24, 2.45) is 0 Å². The average Bonchev–Trinajstić information content (AvgIpc) is 3.19. The summed E-state index contributed by atoms with van der Waals surface area (Å²) < 4.78 is 0. The van der Waals surface area contributed by atoms with Crippen molar-refractivity contribution in [3.8, 4) is 0 Å². The van der Waals surface area contributed by atoms with E-state index in [2.05, 4.69) is 60.5 Å². The average molecular weight is 692 g/mol. The smallest absolute Gasteiger partial charge is 0.252 e. The van der Waals surface area contributed by atoms with Gasteiger partial charge in [-0.2, -0.15) is 0 Å². The Balaban J connectivity index is 1.07. The highest BCUT2D eigenvalue weighted by Gasteiger charge is 2.26. The largest absolute Gasteiger partial charge is 0.348 e. The molecule has 0 saturated carbocycles. The van der Waals surface area contributed by atoms with Gasteiger partial charge < -0.3 is 21.3 Å². The zero-order valence-electron chi connectivity index (χ0n) is 29.5. The molecule has 3 atom stereocenters. The van der Waals surface area contributed by atoms with Crippen LogP contribution in [0.25, 0.3) is 21.7 Å². The molecule has 1 unspecified atom stereocenters. The molecule has 6 aromatic rings. The van der Waals surface area contributed by atoms with Gasteiger partial charge in [-0.15, -0.1) is 0 Å². The minimum atomic E-state index is -0.741. The van der Waals surface area contributed by atoms with Crippen LogP contribution in [-0.2, 0) is 24.3 Å². The summed E-state index contributed by atoms with van der Waals surface area (Å²) >= 11 is 0. The molecule has 9 heteroatoms. The maximum atomic E-state index is 14.1. The lowest BCUT2D eigenvalue weighted by Crippen LogP contribution is -2.47. The van der Waals surface area contributed by atoms with Crippen LogP contribution in [0.4, 0.5) is 0 Å². The predicted molar refractivity (Wildman–Crippen MR) is 205 cm³/mol. The molecule has 7 rings (SSSR count). The summed E-state index contributed by atoms with van der Waals surface area (Å²) in [5.41, 5.74) is 6.62. The van der Waals surface area contributed by atoms with Crippen molar-refractivity contribution in [2.45, 2.75) is 70.2 Å². The van der Waals surface area contributed by atoms with Crippen molar-refractivity contribution >= 4 is 33.5 Å². The van der Waals surface area contributed by atoms with Crippen LogP contribution in [0.15, 0.2) is 116 Å². The Morgan fingerprint density at radius 1 is 0.788 bits per heavy atom. The van der Waals surface area contributed by atoms with Gasteiger partial charge in [0.2, 0.25) is 5.91 Å². The fourth-order valence-corrected chi connectivity index (χ4v) is 7.31. The van der Waals surface area contributed by atoms with Crippen molar-refractivity contribution in [1.82, 2.24) is 36.2 Å². The van der Waals surface area contributed by atoms with Gasteiger partial charge in [-0.25, -0.2) is 0 Å². The highest BCUT2D eigenvalue weighted by molar-refractivity contribution is 6.08. The molecule has 0 spiro atoms. The fourth-order valence-electron chi connectivity index (χ4n) is 7.31. The molecule has 52 heavy (non-hydrogen) atoms. The fraction of sp³-hybridized carbons (Fsp3) is 0.279. The van der Waals surface area contributed by atoms with Crippen LogP contribution in [0.3, 0.4) is 0 Å². The Morgan fingerprint density at radius 2 is 1.60 bits per heavy atom. The molecule has 3 heterocycles. The number of pyridine rings is 3. The topological polar surface area (TPSA) is 121 Å². The first-order valence-corrected chi connectivity index (χ1v) is 18.3. The lowest BCUT2D eigenvalue weighted by molar-refractivity contribution is -0.123. The standard InChI is InChI=1S/C43H45N7O2/c1-29(34-17-6-12-30-11-2-3-16-35(30)34)49-43(52)39(20-10-24-46-38-19-7-13-31-14-8-25-48-41(31)38)50-42(51)37-22-21-32(40-36(37)18-9-26-47-40)27-44-28-33-15-4-5-23-45-33/h2-6,8-9,11-12,14-18,21-23,25-26,29,38-39,44,46H,7,10,13,19-20,24,27-28H2,1H3,(H,49,52)(H,50,51)/t29-,38?,39-/m0/s1. The van der Waals surface area contributed by atoms with Crippen LogP contribution < -0.4 is 21.3 Å². The van der Waals surface area contributed by atoms with E-state index in [1.165, 1.54) is 5.56 Å². The number of carbonyl (C=O) groups excluding carboxylic acids is 2. The molecule has 1 aliphatic rings. The molecule has 9 nitrogen and oxygen atoms in total. The Kier molecular flexibility index (Phi) is 11.2. The van der Waals surface area contributed by atoms with Crippen LogP contribution in [0, 0.1) is 0 Å². The third-order valence-electron chi connectivity index (χ3n) is 9.97. The number of amides is 2. The second-order valence-corrected chi connectivity index (χ2v) is 13.5. The number of aryl methyl sites for hydroxylation is 1. The number of rotatable bonds is 14. The van der Waals surface area contributed by atoms with Crippen LogP contribution >= 0.6 is 0 Å². The Bertz CT molecular complexity index is 2150. The Hall–Kier alpha value is -5.51. The second kappa shape index (κ2) is 16.7. The van der Waals surface area contributed by atoms with E-state index in [0.29, 0.717) is 38.0 Å². The summed E-state index contributed by atoms with van der Waals surface area (Å²) in [6, 6.07) is 31.0. The Morgan fingerprint density at radius 3 is 2.50 bits per heavy atom. The summed E-state index contributed by atoms with van der Waals surface area (Å²) in [5, 5.41) is 16.4. The lowest BCUT2D eigenvalue weighted by atomic mass is 9.92. The third-order valence-corrected chi connectivity index (χ3v) is 9.97. The van der Waals surface area contributed by atoms with E-state index in [9.17, 15) is 9.59 Å². The summed E-state index contributed by atoms with van der Waals surface area (Å²) in [7, 11) is 0. The summed E-state index contributed by atoms with van der Waals surface area (Å²) in [5.74, 6) is -0.515. The van der Waals surface area contributed by atoms with E-state index in [1.54, 1.807) is 12.4 Å². The van der Waals surface area contributed by atoms with E-state index < -0.39 is 6.04 Å². The number of nitrogens with zero attached hydrogens (tertiary/aromatic N) is 3. The van der Waals surface area contributed by atoms with Crippen molar-refractivity contribution in [3.05, 3.63) is 149 Å². The molecule has 2 amide bonds. The molecule has 0 radical (unpaired) electrons. The SMILES string of the molecule is C[C@H](NC(=O)[C@H](CCCNC1CCCc2cccnc21)NC(=O)c1ccc(CNCc2ccccn2)c2ncccc12)c1cccc2ccccc12. The first-order chi connectivity index (χ1) is 25.5. The van der Waals surface area contributed by atoms with Crippen LogP contribution in [0.5, 0.6) is 0 Å². The van der Waals surface area contributed by atoms with Crippen LogP contribution in [-0.4, -0.2) is 39.4 Å². The second-order valence-electron chi connectivity index (χ2n) is 13.5. The number of carbonyl (C=O) groups is 2. The van der Waals surface area contributed by atoms with E-state index in [-0.39, 0.29) is 23.9 Å². The van der Waals surface area contributed by atoms with Gasteiger partial charge in [-0.05, 0) is 103 Å². The summed E-state index contributed by atoms with van der Waals surface area (Å²) in [6.45, 7) is 3.88. The van der Waals surface area contributed by atoms with Gasteiger partial charge in [0.05, 0.1) is 22.9 Å². The molecule has 0 saturated heterocycles. The van der Waals surface area contributed by atoms with E-state index >= 15 is 0 Å². The number of hydrogen-bond donors (Lipinski definition) is 4. The van der Waals surface area contributed by atoms with Crippen molar-refractivity contribution in [3.63, 3.8) is 0 Å². The monoisotopic (exact) mass is 691 g/mol. The number of nitrogens with one attached hydrogen (secondary N) is 4. The minimum Gasteiger partial charge on any atom is -0.348 e. The molecule has 264 valence electrons. The molecule has 3 aromatic carbocycles. The van der Waals surface area contributed by atoms with Crippen molar-refractivity contribution < 1.29 is 9.59 Å². The quantitative estimate of drug-likeness (QED) is 0.0919. The predicted octanol–water partition coefficient (Wildman–Crippen LogP) is 6.89. The molecule has 0 bridgehead atoms. The normalized spacial score (nSPS) is 15.1. The molecule has 1 aliphatic carbocycles. The van der Waals surface area contributed by atoms with Crippen molar-refractivity contribution in [2.75, 3.05) is 6.54 Å². The maximum Gasteiger partial charge on any atom is 0.252 e. The molecular formula is C43H45N7O2. The Labute approximate surface area is 304 Å². The molecule has 0 aliphatic heterocycles. The number of hydrogen-bond acceptors (Lipinski definition) is 7. The zero-order valence-corrected chi connectivity index (χ0v) is 29.5. The van der Waals surface area contributed by atoms with Crippen LogP contribution in [0.1, 0.15) is 83.1 Å². The van der Waals surface area contributed by atoms with Gasteiger partial charge in [-0.1, -0.05) is 66.7 Å². The van der Waals surface area contributed by atoms with Gasteiger partial charge in [0.25, 0.3) is 5.91 Å². The molecule has 0 fully saturated rings. The summed E-state index contributed by atoms with van der Waals surface area (Å²) in [4.78, 5) is 41.8. The number of fused-ring (bicyclic) bond motifs is 3. The first-order valence-electron chi connectivity index (χ1n) is 18.3. The molecule has 4 N–H and O–H groups in total. The van der Waals surface area contributed by atoms with Gasteiger partial charge >= 0.3 is 0 Å². The van der Waals surface area contributed by atoms with Gasteiger partial charge in [-0.3, -0.25) is 24.5 Å². The minimum absolute atomic E-state index is 0.189. The third kappa shape index (κ3) is 8.17. The lowest BCUT2D eigenvalue weighted by Gasteiger charge is -2.26. The van der Waals surface area contributed by atoms with Gasteiger partial charge in [0.1, 0.15) is 6.04 Å². The molecule has 3 aromatic heterocycles. The van der Waals surface area contributed by atoms with Crippen LogP contribution in [0.2, 0.25) is 0 Å². The number of aromatic nitrogens is 3. The zero-order chi connectivity index (χ0) is 35.7. The van der Waals surface area contributed by atoms with Crippen molar-refractivity contribution in [1.29, 1.82) is 0 Å². The van der Waals surface area contributed by atoms with E-state index in [1.807, 2.05) is 85.9 Å². The highest BCUT2D eigenvalue weighted by atomic mass is 16.2. The summed E-state index contributed by atoms with van der Waals surface area (Å²) in [6.07, 6.45) is 9.75. The maximum absolute atomic E-state index is 14.1. The van der Waals surface area contributed by atoms with E-state index in [4.69, 9.17) is 0 Å². The molecular weight excluding hydrogens is 647 g/mol.